The number of anilines is 2. The van der Waals surface area contributed by atoms with Gasteiger partial charge < -0.3 is 20.7 Å². The van der Waals surface area contributed by atoms with Crippen LogP contribution in [-0.4, -0.2) is 30.3 Å². The van der Waals surface area contributed by atoms with Crippen LogP contribution in [0.4, 0.5) is 10.7 Å². The molecule has 0 bridgehead atoms. The third kappa shape index (κ3) is 10.4. The molecule has 4 aromatic carbocycles. The normalized spacial score (nSPS) is 13.5. The average molecular weight is 786 g/mol. The Balaban J connectivity index is 1.25. The van der Waals surface area contributed by atoms with E-state index in [9.17, 15) is 19.2 Å². The number of fused-ring (bicyclic) bond motifs is 1. The Kier molecular flexibility index (Phi) is 13.9. The molecule has 5 aromatic rings. The first-order chi connectivity index (χ1) is 27.2. The molecule has 6 rings (SSSR count). The molecule has 1 unspecified atom stereocenters. The van der Waals surface area contributed by atoms with Crippen molar-refractivity contribution >= 4 is 63.6 Å². The van der Waals surface area contributed by atoms with E-state index in [1.54, 1.807) is 49.4 Å². The second kappa shape index (κ2) is 19.4. The van der Waals surface area contributed by atoms with E-state index in [1.807, 2.05) is 72.8 Å². The minimum atomic E-state index is -0.684. The van der Waals surface area contributed by atoms with Gasteiger partial charge >= 0.3 is 5.97 Å². The number of carbonyl (C=O) groups excluding carboxylic acids is 4. The summed E-state index contributed by atoms with van der Waals surface area (Å²) in [5.74, 6) is -1.23. The molecule has 0 aliphatic heterocycles. The molecule has 10 heteroatoms. The summed E-state index contributed by atoms with van der Waals surface area (Å²) in [4.78, 5) is 56.6. The third-order valence-electron chi connectivity index (χ3n) is 9.52. The van der Waals surface area contributed by atoms with E-state index in [1.165, 1.54) is 23.1 Å². The molecule has 1 aliphatic rings. The molecule has 0 radical (unpaired) electrons. The Morgan fingerprint density at radius 2 is 1.48 bits per heavy atom. The lowest BCUT2D eigenvalue weighted by molar-refractivity contribution is -0.116. The van der Waals surface area contributed by atoms with Crippen LogP contribution >= 0.6 is 23.1 Å². The van der Waals surface area contributed by atoms with Gasteiger partial charge in [-0.25, -0.2) is 4.79 Å². The maximum absolute atomic E-state index is 14.3. The van der Waals surface area contributed by atoms with Gasteiger partial charge in [0.25, 0.3) is 11.8 Å². The van der Waals surface area contributed by atoms with Crippen LogP contribution < -0.4 is 16.0 Å². The fourth-order valence-electron chi connectivity index (χ4n) is 6.57. The standard InChI is InChI=1S/C46H47N3O5S2/c1-4-54-46(53)40-37-22-13-5-6-14-23-39(37)56-45(40)49-44(52)41(33-16-9-7-10-17-33)55-36-21-15-20-35(29-36)47-43(51)38(48-42(50)34-18-11-8-12-19-34)28-31-24-26-32(27-25-31)30(2)3/h7-12,15-21,24-30,41H,4-6,13-14,22-23H2,1-3H3,(H,47,51)(H,48,50)(H,49,52)/b38-28+. The van der Waals surface area contributed by atoms with Gasteiger partial charge in [-0.2, -0.15) is 0 Å². The first-order valence-electron chi connectivity index (χ1n) is 19.1. The first-order valence-corrected chi connectivity index (χ1v) is 20.8. The molecular formula is C46H47N3O5S2. The van der Waals surface area contributed by atoms with Gasteiger partial charge in [0, 0.05) is 21.0 Å². The van der Waals surface area contributed by atoms with Crippen molar-refractivity contribution in [1.29, 1.82) is 0 Å². The highest BCUT2D eigenvalue weighted by Crippen LogP contribution is 2.41. The summed E-state index contributed by atoms with van der Waals surface area (Å²) in [7, 11) is 0. The van der Waals surface area contributed by atoms with E-state index in [0.29, 0.717) is 27.7 Å². The van der Waals surface area contributed by atoms with Crippen LogP contribution in [0.5, 0.6) is 0 Å². The maximum Gasteiger partial charge on any atom is 0.341 e. The van der Waals surface area contributed by atoms with Crippen molar-refractivity contribution in [2.75, 3.05) is 17.2 Å². The molecule has 1 heterocycles. The maximum atomic E-state index is 14.3. The summed E-state index contributed by atoms with van der Waals surface area (Å²) < 4.78 is 5.49. The van der Waals surface area contributed by atoms with Crippen LogP contribution in [0.3, 0.4) is 0 Å². The van der Waals surface area contributed by atoms with Gasteiger partial charge in [0.05, 0.1) is 12.2 Å². The second-order valence-electron chi connectivity index (χ2n) is 13.9. The number of thiophene rings is 1. The zero-order valence-corrected chi connectivity index (χ0v) is 33.6. The van der Waals surface area contributed by atoms with Crippen molar-refractivity contribution in [3.05, 3.63) is 153 Å². The van der Waals surface area contributed by atoms with E-state index >= 15 is 0 Å². The Bertz CT molecular complexity index is 2180. The summed E-state index contributed by atoms with van der Waals surface area (Å²) in [5.41, 5.74) is 5.18. The SMILES string of the molecule is CCOC(=O)c1c(NC(=O)C(Sc2cccc(NC(=O)/C(=C\c3ccc(C(C)C)cc3)NC(=O)c3ccccc3)c2)c2ccccc2)sc2c1CCCCCC2. The molecule has 8 nitrogen and oxygen atoms in total. The highest BCUT2D eigenvalue weighted by atomic mass is 32.2. The number of esters is 1. The summed E-state index contributed by atoms with van der Waals surface area (Å²) in [5, 5.41) is 8.74. The number of benzene rings is 4. The summed E-state index contributed by atoms with van der Waals surface area (Å²) in [6.45, 7) is 6.26. The number of amides is 3. The minimum Gasteiger partial charge on any atom is -0.462 e. The van der Waals surface area contributed by atoms with E-state index in [2.05, 4.69) is 29.8 Å². The van der Waals surface area contributed by atoms with Crippen molar-refractivity contribution in [2.24, 2.45) is 0 Å². The number of nitrogens with one attached hydrogen (secondary N) is 3. The van der Waals surface area contributed by atoms with Gasteiger partial charge in [-0.3, -0.25) is 14.4 Å². The van der Waals surface area contributed by atoms with Crippen LogP contribution in [0.15, 0.2) is 120 Å². The summed E-state index contributed by atoms with van der Waals surface area (Å²) in [6, 6.07) is 33.4. The fraction of sp³-hybridized carbons (Fsp3) is 0.261. The monoisotopic (exact) mass is 785 g/mol. The van der Waals surface area contributed by atoms with Gasteiger partial charge in [-0.1, -0.05) is 106 Å². The van der Waals surface area contributed by atoms with Gasteiger partial charge in [0.1, 0.15) is 15.9 Å². The Hall–Kier alpha value is -5.45. The molecule has 0 spiro atoms. The number of hydrogen-bond acceptors (Lipinski definition) is 7. The van der Waals surface area contributed by atoms with Gasteiger partial charge in [0.15, 0.2) is 0 Å². The van der Waals surface area contributed by atoms with Crippen molar-refractivity contribution in [2.45, 2.75) is 75.4 Å². The van der Waals surface area contributed by atoms with E-state index in [0.717, 1.165) is 70.6 Å². The van der Waals surface area contributed by atoms with Gasteiger partial charge in [-0.05, 0) is 97.2 Å². The molecule has 3 amide bonds. The molecule has 0 fully saturated rings. The molecule has 0 saturated heterocycles. The van der Waals surface area contributed by atoms with E-state index in [4.69, 9.17) is 4.74 Å². The first kappa shape index (κ1) is 40.2. The summed E-state index contributed by atoms with van der Waals surface area (Å²) in [6.07, 6.45) is 7.59. The van der Waals surface area contributed by atoms with Crippen LogP contribution in [-0.2, 0) is 27.2 Å². The molecular weight excluding hydrogens is 739 g/mol. The fourth-order valence-corrected chi connectivity index (χ4v) is 8.94. The number of aryl methyl sites for hydroxylation is 1. The number of carbonyl (C=O) groups is 4. The lowest BCUT2D eigenvalue weighted by atomic mass is 9.96. The number of rotatable bonds is 13. The van der Waals surface area contributed by atoms with Gasteiger partial charge in [0.2, 0.25) is 5.91 Å². The highest BCUT2D eigenvalue weighted by molar-refractivity contribution is 8.00. The molecule has 288 valence electrons. The largest absolute Gasteiger partial charge is 0.462 e. The van der Waals surface area contributed by atoms with Crippen molar-refractivity contribution in [3.8, 4) is 0 Å². The molecule has 1 atom stereocenters. The molecule has 1 aliphatic carbocycles. The highest BCUT2D eigenvalue weighted by Gasteiger charge is 2.29. The quantitative estimate of drug-likeness (QED) is 0.0622. The van der Waals surface area contributed by atoms with Gasteiger partial charge in [-0.15, -0.1) is 23.1 Å². The van der Waals surface area contributed by atoms with E-state index in [-0.39, 0.29) is 18.2 Å². The number of ether oxygens (including phenoxy) is 1. The van der Waals surface area contributed by atoms with Crippen molar-refractivity contribution in [1.82, 2.24) is 5.32 Å². The van der Waals surface area contributed by atoms with Crippen LogP contribution in [0, 0.1) is 0 Å². The smallest absolute Gasteiger partial charge is 0.341 e. The third-order valence-corrected chi connectivity index (χ3v) is 12.0. The number of thioether (sulfide) groups is 1. The Morgan fingerprint density at radius 1 is 0.786 bits per heavy atom. The molecule has 1 aromatic heterocycles. The zero-order chi connectivity index (χ0) is 39.4. The predicted octanol–water partition coefficient (Wildman–Crippen LogP) is 10.6. The topological polar surface area (TPSA) is 114 Å². The minimum absolute atomic E-state index is 0.0817. The van der Waals surface area contributed by atoms with Crippen molar-refractivity contribution in [3.63, 3.8) is 0 Å². The van der Waals surface area contributed by atoms with Crippen LogP contribution in [0.1, 0.15) is 105 Å². The van der Waals surface area contributed by atoms with E-state index < -0.39 is 23.0 Å². The Labute approximate surface area is 337 Å². The molecule has 56 heavy (non-hydrogen) atoms. The molecule has 3 N–H and O–H groups in total. The number of hydrogen-bond donors (Lipinski definition) is 3. The summed E-state index contributed by atoms with van der Waals surface area (Å²) >= 11 is 2.82. The lowest BCUT2D eigenvalue weighted by Crippen LogP contribution is -2.30. The Morgan fingerprint density at radius 3 is 2.18 bits per heavy atom. The van der Waals surface area contributed by atoms with Crippen LogP contribution in [0.25, 0.3) is 6.08 Å². The van der Waals surface area contributed by atoms with Crippen molar-refractivity contribution < 1.29 is 23.9 Å². The lowest BCUT2D eigenvalue weighted by Gasteiger charge is -2.18. The second-order valence-corrected chi connectivity index (χ2v) is 16.2. The molecule has 0 saturated carbocycles. The average Bonchev–Trinajstić information content (AvgIpc) is 3.52. The zero-order valence-electron chi connectivity index (χ0n) is 31.9. The predicted molar refractivity (Wildman–Crippen MR) is 227 cm³/mol. The van der Waals surface area contributed by atoms with Crippen LogP contribution in [0.2, 0.25) is 0 Å².